The number of phenols is 1. The van der Waals surface area contributed by atoms with E-state index in [0.717, 1.165) is 49.8 Å². The predicted molar refractivity (Wildman–Crippen MR) is 140 cm³/mol. The number of phenolic OH excluding ortho intramolecular Hbond substituents is 1. The van der Waals surface area contributed by atoms with E-state index in [1.165, 1.54) is 24.3 Å². The summed E-state index contributed by atoms with van der Waals surface area (Å²) in [5.41, 5.74) is 0.724. The number of rotatable bonds is 11. The fraction of sp³-hybridized carbons (Fsp3) is 0.250. The van der Waals surface area contributed by atoms with Crippen LogP contribution in [0.25, 0.3) is 0 Å². The lowest BCUT2D eigenvalue weighted by Gasteiger charge is -2.24. The van der Waals surface area contributed by atoms with Crippen LogP contribution in [0.1, 0.15) is 26.7 Å². The van der Waals surface area contributed by atoms with Gasteiger partial charge < -0.3 is 10.0 Å². The highest BCUT2D eigenvalue weighted by molar-refractivity contribution is 7.92. The summed E-state index contributed by atoms with van der Waals surface area (Å²) in [4.78, 5) is 12.6. The van der Waals surface area contributed by atoms with Crippen LogP contribution in [0.5, 0.6) is 5.75 Å². The molecule has 10 nitrogen and oxygen atoms in total. The van der Waals surface area contributed by atoms with Crippen molar-refractivity contribution >= 4 is 50.1 Å². The van der Waals surface area contributed by atoms with Crippen LogP contribution in [-0.2, 0) is 10.0 Å². The Morgan fingerprint density at radius 1 is 0.972 bits per heavy atom. The van der Waals surface area contributed by atoms with Crippen molar-refractivity contribution in [1.29, 1.82) is 0 Å². The summed E-state index contributed by atoms with van der Waals surface area (Å²) in [7, 11) is -4.00. The molecule has 3 aromatic carbocycles. The molecule has 0 aliphatic rings. The second-order valence-electron chi connectivity index (χ2n) is 7.88. The van der Waals surface area contributed by atoms with Crippen molar-refractivity contribution in [2.75, 3.05) is 22.7 Å². The quantitative estimate of drug-likeness (QED) is 0.158. The molecule has 0 heterocycles. The first-order valence-electron chi connectivity index (χ1n) is 11.2. The average molecular weight is 532 g/mol. The van der Waals surface area contributed by atoms with Gasteiger partial charge in [0.2, 0.25) is 0 Å². The Labute approximate surface area is 214 Å². The fourth-order valence-corrected chi connectivity index (χ4v) is 4.62. The number of nitrogens with one attached hydrogen (secondary N) is 1. The van der Waals surface area contributed by atoms with Crippen LogP contribution in [0, 0.1) is 10.1 Å². The van der Waals surface area contributed by atoms with Crippen molar-refractivity contribution in [2.24, 2.45) is 10.2 Å². The third-order valence-corrected chi connectivity index (χ3v) is 6.77. The van der Waals surface area contributed by atoms with Crippen LogP contribution < -0.4 is 9.62 Å². The van der Waals surface area contributed by atoms with Crippen molar-refractivity contribution in [3.63, 3.8) is 0 Å². The maximum atomic E-state index is 13.1. The second-order valence-corrected chi connectivity index (χ2v) is 10.00. The molecule has 3 aromatic rings. The molecular formula is C24H26ClN5O5S. The van der Waals surface area contributed by atoms with Gasteiger partial charge in [0, 0.05) is 35.9 Å². The van der Waals surface area contributed by atoms with E-state index in [1.54, 1.807) is 18.2 Å². The van der Waals surface area contributed by atoms with Crippen molar-refractivity contribution in [2.45, 2.75) is 31.6 Å². The molecule has 12 heteroatoms. The van der Waals surface area contributed by atoms with Gasteiger partial charge in [-0.05, 0) is 61.4 Å². The van der Waals surface area contributed by atoms with Crippen molar-refractivity contribution < 1.29 is 18.4 Å². The zero-order valence-corrected chi connectivity index (χ0v) is 21.3. The second kappa shape index (κ2) is 11.8. The van der Waals surface area contributed by atoms with Crippen molar-refractivity contribution in [1.82, 2.24) is 0 Å². The zero-order chi connectivity index (χ0) is 26.3. The number of nitro groups is 1. The minimum atomic E-state index is -4.00. The number of anilines is 2. The number of aromatic hydroxyl groups is 1. The third-order valence-electron chi connectivity index (χ3n) is 5.14. The number of nitrogens with zero attached hydrogens (tertiary/aromatic N) is 4. The highest BCUT2D eigenvalue weighted by Gasteiger charge is 2.18. The Balaban J connectivity index is 2.06. The van der Waals surface area contributed by atoms with Crippen LogP contribution in [-0.4, -0.2) is 31.5 Å². The number of hydrogen-bond acceptors (Lipinski definition) is 8. The topological polar surface area (TPSA) is 138 Å². The number of benzene rings is 3. The molecule has 0 bridgehead atoms. The van der Waals surface area contributed by atoms with Crippen LogP contribution in [0.2, 0.25) is 5.02 Å². The minimum Gasteiger partial charge on any atom is -0.506 e. The van der Waals surface area contributed by atoms with E-state index in [-0.39, 0.29) is 33.4 Å². The summed E-state index contributed by atoms with van der Waals surface area (Å²) in [5.74, 6) is -0.304. The lowest BCUT2D eigenvalue weighted by molar-refractivity contribution is -0.384. The van der Waals surface area contributed by atoms with Crippen molar-refractivity contribution in [3.05, 3.63) is 75.8 Å². The average Bonchev–Trinajstić information content (AvgIpc) is 2.84. The van der Waals surface area contributed by atoms with Gasteiger partial charge in [-0.15, -0.1) is 10.2 Å². The Morgan fingerprint density at radius 3 is 2.22 bits per heavy atom. The normalized spacial score (nSPS) is 11.5. The van der Waals surface area contributed by atoms with Gasteiger partial charge in [-0.2, -0.15) is 0 Å². The molecule has 0 aliphatic heterocycles. The van der Waals surface area contributed by atoms with Crippen LogP contribution >= 0.6 is 11.6 Å². The fourth-order valence-electron chi connectivity index (χ4n) is 3.43. The highest BCUT2D eigenvalue weighted by Crippen LogP contribution is 2.36. The minimum absolute atomic E-state index is 0.00972. The summed E-state index contributed by atoms with van der Waals surface area (Å²) in [6.07, 6.45) is 1.80. The molecule has 190 valence electrons. The van der Waals surface area contributed by atoms with Crippen LogP contribution in [0.3, 0.4) is 0 Å². The lowest BCUT2D eigenvalue weighted by atomic mass is 10.2. The maximum Gasteiger partial charge on any atom is 0.271 e. The Hall–Kier alpha value is -3.70. The molecule has 0 aliphatic carbocycles. The van der Waals surface area contributed by atoms with Gasteiger partial charge in [0.05, 0.1) is 15.5 Å². The van der Waals surface area contributed by atoms with E-state index in [9.17, 15) is 23.6 Å². The molecule has 0 unspecified atom stereocenters. The highest BCUT2D eigenvalue weighted by atomic mass is 35.5. The molecule has 0 saturated heterocycles. The predicted octanol–water partition coefficient (Wildman–Crippen LogP) is 6.80. The number of halogens is 1. The largest absolute Gasteiger partial charge is 0.506 e. The molecule has 0 atom stereocenters. The Morgan fingerprint density at radius 2 is 1.61 bits per heavy atom. The smallest absolute Gasteiger partial charge is 0.271 e. The third kappa shape index (κ3) is 6.70. The van der Waals surface area contributed by atoms with Gasteiger partial charge in [0.1, 0.15) is 17.1 Å². The van der Waals surface area contributed by atoms with Gasteiger partial charge in [-0.3, -0.25) is 14.8 Å². The van der Waals surface area contributed by atoms with Gasteiger partial charge >= 0.3 is 0 Å². The summed E-state index contributed by atoms with van der Waals surface area (Å²) in [6.45, 7) is 5.67. The first-order chi connectivity index (χ1) is 17.1. The SMILES string of the molecule is CCCN(CCC)c1ccc(N=Nc2cc([N+](=O)[O-])ccc2O)c(NS(=O)(=O)c2ccc(Cl)cc2)c1. The summed E-state index contributed by atoms with van der Waals surface area (Å²) < 4.78 is 28.7. The molecule has 36 heavy (non-hydrogen) atoms. The molecule has 2 N–H and O–H groups in total. The number of non-ortho nitro benzene ring substituents is 1. The monoisotopic (exact) mass is 531 g/mol. The summed E-state index contributed by atoms with van der Waals surface area (Å²) in [5, 5.41) is 29.6. The molecule has 0 spiro atoms. The molecular weight excluding hydrogens is 506 g/mol. The number of hydrogen-bond donors (Lipinski definition) is 2. The number of nitro benzene ring substituents is 1. The Kier molecular flexibility index (Phi) is 8.83. The lowest BCUT2D eigenvalue weighted by Crippen LogP contribution is -2.25. The van der Waals surface area contributed by atoms with E-state index in [0.29, 0.717) is 5.02 Å². The van der Waals surface area contributed by atoms with Gasteiger partial charge in [0.15, 0.2) is 0 Å². The first-order valence-corrected chi connectivity index (χ1v) is 13.1. The van der Waals surface area contributed by atoms with Gasteiger partial charge in [-0.25, -0.2) is 8.42 Å². The molecule has 0 saturated carbocycles. The van der Waals surface area contributed by atoms with Crippen LogP contribution in [0.15, 0.2) is 75.8 Å². The van der Waals surface area contributed by atoms with Gasteiger partial charge in [0.25, 0.3) is 15.7 Å². The zero-order valence-electron chi connectivity index (χ0n) is 19.8. The molecule has 0 radical (unpaired) electrons. The Bertz CT molecular complexity index is 1360. The van der Waals surface area contributed by atoms with E-state index in [1.807, 2.05) is 0 Å². The molecule has 0 amide bonds. The maximum absolute atomic E-state index is 13.1. The van der Waals surface area contributed by atoms with Crippen molar-refractivity contribution in [3.8, 4) is 5.75 Å². The van der Waals surface area contributed by atoms with E-state index < -0.39 is 14.9 Å². The standard InChI is InChI=1S/C24H26ClN5O5S/c1-3-13-29(14-4-2)18-7-11-21(26-27-23-16-19(30(32)33)8-12-24(23)31)22(15-18)28-36(34,35)20-9-5-17(25)6-10-20/h5-12,15-16,28,31H,3-4,13-14H2,1-2H3. The van der Waals surface area contributed by atoms with Crippen LogP contribution in [0.4, 0.5) is 28.4 Å². The van der Waals surface area contributed by atoms with Gasteiger partial charge in [-0.1, -0.05) is 25.4 Å². The van der Waals surface area contributed by atoms with E-state index >= 15 is 0 Å². The van der Waals surface area contributed by atoms with E-state index in [4.69, 9.17) is 11.6 Å². The molecule has 0 fully saturated rings. The number of sulfonamides is 1. The first kappa shape index (κ1) is 26.9. The molecule has 0 aromatic heterocycles. The number of azo groups is 1. The summed E-state index contributed by atoms with van der Waals surface area (Å²) >= 11 is 5.89. The van der Waals surface area contributed by atoms with E-state index in [2.05, 4.69) is 33.7 Å². The molecule has 3 rings (SSSR count). The summed E-state index contributed by atoms with van der Waals surface area (Å²) in [6, 6.07) is 14.2.